The lowest BCUT2D eigenvalue weighted by atomic mass is 9.89. The number of piperidine rings is 1. The van der Waals surface area contributed by atoms with Crippen LogP contribution in [0.2, 0.25) is 0 Å². The minimum absolute atomic E-state index is 0.0775. The average Bonchev–Trinajstić information content (AvgIpc) is 2.95. The maximum atomic E-state index is 12.9. The van der Waals surface area contributed by atoms with Gasteiger partial charge in [-0.3, -0.25) is 4.79 Å². The van der Waals surface area contributed by atoms with Gasteiger partial charge in [0.1, 0.15) is 0 Å². The molecule has 1 N–H and O–H groups in total. The van der Waals surface area contributed by atoms with Crippen LogP contribution in [-0.4, -0.2) is 51.1 Å². The van der Waals surface area contributed by atoms with E-state index in [0.717, 1.165) is 25.7 Å². The summed E-state index contributed by atoms with van der Waals surface area (Å²) in [5.74, 6) is -1.09. The third-order valence-corrected chi connectivity index (χ3v) is 5.49. The SMILES string of the molecule is CC1CCCC(C)N1C(=O)N1C2CCC1C(C(=O)O)C2. The van der Waals surface area contributed by atoms with Gasteiger partial charge >= 0.3 is 12.0 Å². The molecule has 3 aliphatic heterocycles. The first kappa shape index (κ1) is 13.7. The fourth-order valence-corrected chi connectivity index (χ4v) is 4.48. The third kappa shape index (κ3) is 1.98. The van der Waals surface area contributed by atoms with Crippen LogP contribution < -0.4 is 0 Å². The molecule has 0 aromatic rings. The molecule has 5 heteroatoms. The minimum atomic E-state index is -0.741. The number of likely N-dealkylation sites (tertiary alicyclic amines) is 1. The van der Waals surface area contributed by atoms with Gasteiger partial charge in [0.2, 0.25) is 0 Å². The number of carboxylic acid groups (broad SMARTS) is 1. The van der Waals surface area contributed by atoms with Crippen LogP contribution in [0, 0.1) is 5.92 Å². The molecular formula is C15H24N2O3. The number of urea groups is 1. The van der Waals surface area contributed by atoms with Crippen molar-refractivity contribution >= 4 is 12.0 Å². The van der Waals surface area contributed by atoms with Crippen LogP contribution in [0.15, 0.2) is 0 Å². The van der Waals surface area contributed by atoms with Crippen molar-refractivity contribution in [2.45, 2.75) is 76.5 Å². The van der Waals surface area contributed by atoms with Gasteiger partial charge in [-0.05, 0) is 52.4 Å². The highest BCUT2D eigenvalue weighted by molar-refractivity contribution is 5.80. The van der Waals surface area contributed by atoms with Crippen LogP contribution in [0.5, 0.6) is 0 Å². The van der Waals surface area contributed by atoms with E-state index in [2.05, 4.69) is 13.8 Å². The molecule has 3 fully saturated rings. The molecule has 0 saturated carbocycles. The zero-order chi connectivity index (χ0) is 14.4. The number of rotatable bonds is 1. The van der Waals surface area contributed by atoms with E-state index in [1.54, 1.807) is 0 Å². The summed E-state index contributed by atoms with van der Waals surface area (Å²) in [5.41, 5.74) is 0. The highest BCUT2D eigenvalue weighted by atomic mass is 16.4. The predicted molar refractivity (Wildman–Crippen MR) is 74.4 cm³/mol. The van der Waals surface area contributed by atoms with Gasteiger partial charge in [0, 0.05) is 24.2 Å². The Balaban J connectivity index is 1.79. The Kier molecular flexibility index (Phi) is 3.38. The summed E-state index contributed by atoms with van der Waals surface area (Å²) >= 11 is 0. The molecule has 5 atom stereocenters. The molecule has 0 radical (unpaired) electrons. The molecule has 3 rings (SSSR count). The molecule has 0 aromatic heterocycles. The monoisotopic (exact) mass is 280 g/mol. The lowest BCUT2D eigenvalue weighted by molar-refractivity contribution is -0.142. The van der Waals surface area contributed by atoms with Crippen LogP contribution in [0.25, 0.3) is 0 Å². The van der Waals surface area contributed by atoms with E-state index in [0.29, 0.717) is 6.42 Å². The van der Waals surface area contributed by atoms with Gasteiger partial charge in [0.15, 0.2) is 0 Å². The number of aliphatic carboxylic acids is 1. The van der Waals surface area contributed by atoms with E-state index >= 15 is 0 Å². The minimum Gasteiger partial charge on any atom is -0.481 e. The van der Waals surface area contributed by atoms with Crippen molar-refractivity contribution in [3.05, 3.63) is 0 Å². The number of carboxylic acids is 1. The maximum Gasteiger partial charge on any atom is 0.321 e. The predicted octanol–water partition coefficient (Wildman–Crippen LogP) is 2.31. The second-order valence-corrected chi connectivity index (χ2v) is 6.71. The number of carbonyl (C=O) groups is 2. The normalized spacial score (nSPS) is 40.2. The summed E-state index contributed by atoms with van der Waals surface area (Å²) in [6.07, 6.45) is 5.75. The Bertz CT molecular complexity index is 415. The summed E-state index contributed by atoms with van der Waals surface area (Å²) in [6.45, 7) is 4.22. The summed E-state index contributed by atoms with van der Waals surface area (Å²) in [6, 6.07) is 0.700. The summed E-state index contributed by atoms with van der Waals surface area (Å²) in [5, 5.41) is 9.30. The zero-order valence-electron chi connectivity index (χ0n) is 12.3. The largest absolute Gasteiger partial charge is 0.481 e. The third-order valence-electron chi connectivity index (χ3n) is 5.49. The summed E-state index contributed by atoms with van der Waals surface area (Å²) in [4.78, 5) is 28.1. The molecule has 0 aliphatic carbocycles. The second kappa shape index (κ2) is 4.93. The first-order chi connectivity index (χ1) is 9.50. The Hall–Kier alpha value is -1.26. The van der Waals surface area contributed by atoms with E-state index in [1.165, 1.54) is 6.42 Å². The number of amides is 2. The van der Waals surface area contributed by atoms with E-state index in [9.17, 15) is 14.7 Å². The Morgan fingerprint density at radius 2 is 1.65 bits per heavy atom. The van der Waals surface area contributed by atoms with Crippen molar-refractivity contribution in [1.82, 2.24) is 9.80 Å². The van der Waals surface area contributed by atoms with Crippen LogP contribution in [0.4, 0.5) is 4.79 Å². The van der Waals surface area contributed by atoms with E-state index in [4.69, 9.17) is 0 Å². The molecule has 0 aromatic carbocycles. The van der Waals surface area contributed by atoms with E-state index < -0.39 is 5.97 Å². The molecule has 20 heavy (non-hydrogen) atoms. The fraction of sp³-hybridized carbons (Fsp3) is 0.867. The number of fused-ring (bicyclic) bond motifs is 2. The molecule has 5 unspecified atom stereocenters. The van der Waals surface area contributed by atoms with Crippen molar-refractivity contribution in [2.24, 2.45) is 5.92 Å². The van der Waals surface area contributed by atoms with Gasteiger partial charge in [-0.15, -0.1) is 0 Å². The molecule has 3 aliphatic rings. The second-order valence-electron chi connectivity index (χ2n) is 6.71. The zero-order valence-corrected chi connectivity index (χ0v) is 12.3. The number of hydrogen-bond donors (Lipinski definition) is 1. The Labute approximate surface area is 119 Å². The van der Waals surface area contributed by atoms with E-state index in [-0.39, 0.29) is 36.1 Å². The fourth-order valence-electron chi connectivity index (χ4n) is 4.48. The first-order valence-electron chi connectivity index (χ1n) is 7.84. The lowest BCUT2D eigenvalue weighted by Crippen LogP contribution is -2.54. The van der Waals surface area contributed by atoms with Gasteiger partial charge in [0.05, 0.1) is 5.92 Å². The number of nitrogens with zero attached hydrogens (tertiary/aromatic N) is 2. The molecule has 0 spiro atoms. The highest BCUT2D eigenvalue weighted by Gasteiger charge is 2.53. The summed E-state index contributed by atoms with van der Waals surface area (Å²) in [7, 11) is 0. The topological polar surface area (TPSA) is 60.9 Å². The number of carbonyl (C=O) groups excluding carboxylic acids is 1. The van der Waals surface area contributed by atoms with Gasteiger partial charge in [-0.25, -0.2) is 4.79 Å². The molecule has 112 valence electrons. The molecular weight excluding hydrogens is 256 g/mol. The first-order valence-corrected chi connectivity index (χ1v) is 7.84. The van der Waals surface area contributed by atoms with Crippen LogP contribution in [0.3, 0.4) is 0 Å². The quantitative estimate of drug-likeness (QED) is 0.801. The van der Waals surface area contributed by atoms with Crippen LogP contribution in [0.1, 0.15) is 52.4 Å². The lowest BCUT2D eigenvalue weighted by Gasteiger charge is -2.42. The van der Waals surface area contributed by atoms with Crippen molar-refractivity contribution in [2.75, 3.05) is 0 Å². The molecule has 2 bridgehead atoms. The standard InChI is InChI=1S/C15H24N2O3/c1-9-4-3-5-10(2)16(9)15(20)17-11-6-7-13(17)12(8-11)14(18)19/h9-13H,3-8H2,1-2H3,(H,18,19). The average molecular weight is 280 g/mol. The Morgan fingerprint density at radius 3 is 2.20 bits per heavy atom. The van der Waals surface area contributed by atoms with Gasteiger partial charge in [-0.1, -0.05) is 0 Å². The van der Waals surface area contributed by atoms with Gasteiger partial charge < -0.3 is 14.9 Å². The maximum absolute atomic E-state index is 12.9. The number of hydrogen-bond acceptors (Lipinski definition) is 2. The van der Waals surface area contributed by atoms with Crippen molar-refractivity contribution < 1.29 is 14.7 Å². The smallest absolute Gasteiger partial charge is 0.321 e. The van der Waals surface area contributed by atoms with E-state index in [1.807, 2.05) is 9.80 Å². The molecule has 3 saturated heterocycles. The molecule has 5 nitrogen and oxygen atoms in total. The van der Waals surface area contributed by atoms with Gasteiger partial charge in [0.25, 0.3) is 0 Å². The van der Waals surface area contributed by atoms with Crippen molar-refractivity contribution in [3.63, 3.8) is 0 Å². The van der Waals surface area contributed by atoms with Gasteiger partial charge in [-0.2, -0.15) is 0 Å². The van der Waals surface area contributed by atoms with Crippen LogP contribution in [-0.2, 0) is 4.79 Å². The van der Waals surface area contributed by atoms with Crippen LogP contribution >= 0.6 is 0 Å². The molecule has 3 heterocycles. The highest BCUT2D eigenvalue weighted by Crippen LogP contribution is 2.43. The molecule has 2 amide bonds. The van der Waals surface area contributed by atoms with Crippen molar-refractivity contribution in [3.8, 4) is 0 Å². The van der Waals surface area contributed by atoms with Crippen molar-refractivity contribution in [1.29, 1.82) is 0 Å². The Morgan fingerprint density at radius 1 is 1.00 bits per heavy atom. The summed E-state index contributed by atoms with van der Waals surface area (Å²) < 4.78 is 0.